The second kappa shape index (κ2) is 6.32. The van der Waals surface area contributed by atoms with Gasteiger partial charge in [0.25, 0.3) is 0 Å². The number of methoxy groups -OCH3 is 1. The quantitative estimate of drug-likeness (QED) is 0.914. The summed E-state index contributed by atoms with van der Waals surface area (Å²) in [6, 6.07) is 3.83. The van der Waals surface area contributed by atoms with Crippen LogP contribution in [0.1, 0.15) is 5.56 Å². The molecule has 1 heterocycles. The molecule has 4 nitrogen and oxygen atoms in total. The predicted molar refractivity (Wildman–Crippen MR) is 68.7 cm³/mol. The van der Waals surface area contributed by atoms with Crippen molar-refractivity contribution in [3.05, 3.63) is 34.6 Å². The molecule has 1 fully saturated rings. The number of halogens is 2. The highest BCUT2D eigenvalue weighted by atomic mass is 35.5. The normalized spacial score (nSPS) is 22.5. The molecule has 2 rings (SSSR count). The number of carbonyl (C=O) groups is 1. The van der Waals surface area contributed by atoms with Crippen LogP contribution >= 0.6 is 11.6 Å². The smallest absolute Gasteiger partial charge is 0.224 e. The van der Waals surface area contributed by atoms with Crippen LogP contribution in [0.15, 0.2) is 18.2 Å². The Labute approximate surface area is 115 Å². The van der Waals surface area contributed by atoms with Gasteiger partial charge in [-0.3, -0.25) is 4.79 Å². The maximum absolute atomic E-state index is 12.9. The average molecular weight is 288 g/mol. The summed E-state index contributed by atoms with van der Waals surface area (Å²) in [5.74, 6) is -0.608. The van der Waals surface area contributed by atoms with E-state index in [2.05, 4.69) is 5.32 Å². The molecule has 1 aromatic rings. The van der Waals surface area contributed by atoms with Crippen LogP contribution < -0.4 is 5.32 Å². The van der Waals surface area contributed by atoms with Crippen LogP contribution in [0.25, 0.3) is 0 Å². The number of amides is 1. The van der Waals surface area contributed by atoms with Crippen LogP contribution in [0.2, 0.25) is 5.02 Å². The van der Waals surface area contributed by atoms with Crippen molar-refractivity contribution >= 4 is 17.5 Å². The zero-order valence-electron chi connectivity index (χ0n) is 10.5. The molecule has 1 N–H and O–H groups in total. The number of ether oxygens (including phenoxy) is 2. The first-order valence-electron chi connectivity index (χ1n) is 5.94. The summed E-state index contributed by atoms with van der Waals surface area (Å²) >= 11 is 5.88. The highest BCUT2D eigenvalue weighted by Gasteiger charge is 2.29. The van der Waals surface area contributed by atoms with Crippen molar-refractivity contribution in [3.8, 4) is 0 Å². The predicted octanol–water partition coefficient (Wildman–Crippen LogP) is 1.55. The van der Waals surface area contributed by atoms with Crippen LogP contribution in [0, 0.1) is 5.82 Å². The molecule has 1 amide bonds. The first-order chi connectivity index (χ1) is 9.10. The molecule has 0 radical (unpaired) electrons. The van der Waals surface area contributed by atoms with Crippen molar-refractivity contribution in [2.45, 2.75) is 18.6 Å². The SMILES string of the molecule is CO[C@H]1COC[C@@H]1NC(=O)Cc1ccc(F)cc1Cl. The van der Waals surface area contributed by atoms with Gasteiger partial charge in [-0.25, -0.2) is 4.39 Å². The first-order valence-corrected chi connectivity index (χ1v) is 6.31. The van der Waals surface area contributed by atoms with E-state index in [1.54, 1.807) is 7.11 Å². The van der Waals surface area contributed by atoms with Gasteiger partial charge in [0.05, 0.1) is 25.7 Å². The van der Waals surface area contributed by atoms with E-state index in [4.69, 9.17) is 21.1 Å². The summed E-state index contributed by atoms with van der Waals surface area (Å²) in [4.78, 5) is 11.9. The van der Waals surface area contributed by atoms with Gasteiger partial charge in [0.15, 0.2) is 0 Å². The van der Waals surface area contributed by atoms with Gasteiger partial charge >= 0.3 is 0 Å². The van der Waals surface area contributed by atoms with Crippen molar-refractivity contribution in [2.75, 3.05) is 20.3 Å². The molecule has 0 saturated carbocycles. The maximum atomic E-state index is 12.9. The molecule has 1 aromatic carbocycles. The molecule has 0 spiro atoms. The lowest BCUT2D eigenvalue weighted by Crippen LogP contribution is -2.44. The van der Waals surface area contributed by atoms with Gasteiger partial charge in [-0.2, -0.15) is 0 Å². The largest absolute Gasteiger partial charge is 0.377 e. The molecule has 0 unspecified atom stereocenters. The summed E-state index contributed by atoms with van der Waals surface area (Å²) in [7, 11) is 1.58. The minimum Gasteiger partial charge on any atom is -0.377 e. The number of carbonyl (C=O) groups excluding carboxylic acids is 1. The third-order valence-corrected chi connectivity index (χ3v) is 3.40. The standard InChI is InChI=1S/C13H15ClFNO3/c1-18-12-7-19-6-11(12)16-13(17)4-8-2-3-9(15)5-10(8)14/h2-3,5,11-12H,4,6-7H2,1H3,(H,16,17)/t11-,12-/m0/s1. The fourth-order valence-electron chi connectivity index (χ4n) is 2.00. The van der Waals surface area contributed by atoms with Crippen molar-refractivity contribution < 1.29 is 18.7 Å². The van der Waals surface area contributed by atoms with E-state index in [9.17, 15) is 9.18 Å². The van der Waals surface area contributed by atoms with Gasteiger partial charge < -0.3 is 14.8 Å². The molecular formula is C13H15ClFNO3. The molecule has 19 heavy (non-hydrogen) atoms. The minimum absolute atomic E-state index is 0.103. The Balaban J connectivity index is 1.94. The highest BCUT2D eigenvalue weighted by Crippen LogP contribution is 2.18. The van der Waals surface area contributed by atoms with Gasteiger partial charge in [0, 0.05) is 12.1 Å². The Kier molecular flexibility index (Phi) is 4.74. The van der Waals surface area contributed by atoms with Crippen molar-refractivity contribution in [3.63, 3.8) is 0 Å². The van der Waals surface area contributed by atoms with Crippen LogP contribution in [-0.4, -0.2) is 38.4 Å². The van der Waals surface area contributed by atoms with Crippen LogP contribution in [0.5, 0.6) is 0 Å². The molecule has 1 aliphatic rings. The van der Waals surface area contributed by atoms with E-state index in [-0.39, 0.29) is 29.5 Å². The van der Waals surface area contributed by atoms with Crippen molar-refractivity contribution in [1.29, 1.82) is 0 Å². The third kappa shape index (κ3) is 3.65. The Morgan fingerprint density at radius 3 is 3.05 bits per heavy atom. The van der Waals surface area contributed by atoms with E-state index in [1.807, 2.05) is 0 Å². The molecule has 0 aromatic heterocycles. The summed E-state index contributed by atoms with van der Waals surface area (Å²) in [5.41, 5.74) is 0.591. The summed E-state index contributed by atoms with van der Waals surface area (Å²) in [5, 5.41) is 3.08. The van der Waals surface area contributed by atoms with Crippen molar-refractivity contribution in [1.82, 2.24) is 5.32 Å². The monoisotopic (exact) mass is 287 g/mol. The average Bonchev–Trinajstić information content (AvgIpc) is 2.80. The second-order valence-electron chi connectivity index (χ2n) is 4.40. The van der Waals surface area contributed by atoms with E-state index in [1.165, 1.54) is 18.2 Å². The first kappa shape index (κ1) is 14.2. The number of benzene rings is 1. The summed E-state index contributed by atoms with van der Waals surface area (Å²) in [6.45, 7) is 0.903. The number of hydrogen-bond acceptors (Lipinski definition) is 3. The molecule has 104 valence electrons. The van der Waals surface area contributed by atoms with E-state index >= 15 is 0 Å². The maximum Gasteiger partial charge on any atom is 0.224 e. The Hall–Kier alpha value is -1.17. The molecule has 0 bridgehead atoms. The molecule has 1 saturated heterocycles. The fraction of sp³-hybridized carbons (Fsp3) is 0.462. The van der Waals surface area contributed by atoms with Crippen LogP contribution in [0.3, 0.4) is 0 Å². The van der Waals surface area contributed by atoms with Gasteiger partial charge in [0.1, 0.15) is 11.9 Å². The summed E-state index contributed by atoms with van der Waals surface area (Å²) in [6.07, 6.45) is -0.0286. The molecule has 1 aliphatic heterocycles. The van der Waals surface area contributed by atoms with E-state index in [0.717, 1.165) is 0 Å². The van der Waals surface area contributed by atoms with Gasteiger partial charge in [0.2, 0.25) is 5.91 Å². The molecule has 2 atom stereocenters. The number of hydrogen-bond donors (Lipinski definition) is 1. The highest BCUT2D eigenvalue weighted by molar-refractivity contribution is 6.31. The zero-order chi connectivity index (χ0) is 13.8. The lowest BCUT2D eigenvalue weighted by atomic mass is 10.1. The lowest BCUT2D eigenvalue weighted by Gasteiger charge is -2.17. The summed E-state index contributed by atoms with van der Waals surface area (Å²) < 4.78 is 23.3. The van der Waals surface area contributed by atoms with Gasteiger partial charge in [-0.15, -0.1) is 0 Å². The Morgan fingerprint density at radius 1 is 1.58 bits per heavy atom. The molecule has 0 aliphatic carbocycles. The minimum atomic E-state index is -0.419. The van der Waals surface area contributed by atoms with Gasteiger partial charge in [-0.05, 0) is 17.7 Å². The molecular weight excluding hydrogens is 273 g/mol. The number of nitrogens with one attached hydrogen (secondary N) is 1. The van der Waals surface area contributed by atoms with Crippen molar-refractivity contribution in [2.24, 2.45) is 0 Å². The van der Waals surface area contributed by atoms with Gasteiger partial charge in [-0.1, -0.05) is 17.7 Å². The topological polar surface area (TPSA) is 47.6 Å². The lowest BCUT2D eigenvalue weighted by molar-refractivity contribution is -0.121. The van der Waals surface area contributed by atoms with Crippen LogP contribution in [0.4, 0.5) is 4.39 Å². The zero-order valence-corrected chi connectivity index (χ0v) is 11.2. The Morgan fingerprint density at radius 2 is 2.37 bits per heavy atom. The Bertz CT molecular complexity index is 469. The molecule has 6 heteroatoms. The third-order valence-electron chi connectivity index (χ3n) is 3.04. The fourth-order valence-corrected chi connectivity index (χ4v) is 2.23. The second-order valence-corrected chi connectivity index (χ2v) is 4.81. The van der Waals surface area contributed by atoms with E-state index < -0.39 is 5.82 Å². The number of rotatable bonds is 4. The van der Waals surface area contributed by atoms with Crippen LogP contribution in [-0.2, 0) is 20.7 Å². The van der Waals surface area contributed by atoms with E-state index in [0.29, 0.717) is 18.8 Å².